The Bertz CT molecular complexity index is 252. The first kappa shape index (κ1) is 9.74. The minimum Gasteiger partial charge on any atom is -0.467 e. The normalized spacial score (nSPS) is 24.8. The number of hydrogen-bond acceptors (Lipinski definition) is 3. The second kappa shape index (κ2) is 4.62. The topological polar surface area (TPSA) is 45.4 Å². The number of nitrogens with one attached hydrogen (secondary N) is 1. The summed E-state index contributed by atoms with van der Waals surface area (Å²) >= 11 is 0. The number of aliphatic hydroxyl groups is 1. The van der Waals surface area contributed by atoms with Crippen LogP contribution >= 0.6 is 0 Å². The van der Waals surface area contributed by atoms with Crippen LogP contribution in [-0.4, -0.2) is 17.7 Å². The molecular weight excluding hydrogens is 178 g/mol. The molecule has 0 amide bonds. The molecule has 0 saturated carbocycles. The summed E-state index contributed by atoms with van der Waals surface area (Å²) in [5, 5.41) is 13.2. The zero-order valence-electron chi connectivity index (χ0n) is 8.28. The van der Waals surface area contributed by atoms with Gasteiger partial charge in [-0.1, -0.05) is 6.42 Å². The molecule has 0 aromatic carbocycles. The Morgan fingerprint density at radius 1 is 1.57 bits per heavy atom. The summed E-state index contributed by atoms with van der Waals surface area (Å²) in [6, 6.07) is 4.09. The maximum Gasteiger partial charge on any atom is 0.132 e. The van der Waals surface area contributed by atoms with E-state index in [1.54, 1.807) is 6.26 Å². The second-order valence-corrected chi connectivity index (χ2v) is 3.91. The van der Waals surface area contributed by atoms with Gasteiger partial charge in [-0.3, -0.25) is 0 Å². The van der Waals surface area contributed by atoms with E-state index in [2.05, 4.69) is 5.32 Å². The monoisotopic (exact) mass is 195 g/mol. The molecule has 0 radical (unpaired) electrons. The summed E-state index contributed by atoms with van der Waals surface area (Å²) in [6.07, 6.45) is 5.59. The molecule has 78 valence electrons. The van der Waals surface area contributed by atoms with Crippen molar-refractivity contribution < 1.29 is 9.52 Å². The summed E-state index contributed by atoms with van der Waals surface area (Å²) in [6.45, 7) is 1.08. The van der Waals surface area contributed by atoms with Gasteiger partial charge in [0.2, 0.25) is 0 Å². The fourth-order valence-electron chi connectivity index (χ4n) is 1.99. The molecule has 0 bridgehead atoms. The molecular formula is C11H17NO2. The van der Waals surface area contributed by atoms with E-state index >= 15 is 0 Å². The minimum absolute atomic E-state index is 0.448. The van der Waals surface area contributed by atoms with Crippen molar-refractivity contribution >= 4 is 0 Å². The van der Waals surface area contributed by atoms with Crippen LogP contribution in [0, 0.1) is 0 Å². The number of furan rings is 1. The molecule has 1 aliphatic rings. The van der Waals surface area contributed by atoms with Gasteiger partial charge in [-0.15, -0.1) is 0 Å². The van der Waals surface area contributed by atoms with E-state index in [1.165, 1.54) is 12.8 Å². The summed E-state index contributed by atoms with van der Waals surface area (Å²) < 4.78 is 5.16. The fourth-order valence-corrected chi connectivity index (χ4v) is 1.99. The van der Waals surface area contributed by atoms with Gasteiger partial charge in [0.1, 0.15) is 11.9 Å². The Morgan fingerprint density at radius 3 is 3.14 bits per heavy atom. The van der Waals surface area contributed by atoms with Crippen LogP contribution < -0.4 is 5.32 Å². The fraction of sp³-hybridized carbons (Fsp3) is 0.636. The van der Waals surface area contributed by atoms with E-state index in [-0.39, 0.29) is 0 Å². The Hall–Kier alpha value is -0.800. The maximum atomic E-state index is 9.83. The number of aliphatic hydroxyl groups excluding tert-OH is 1. The van der Waals surface area contributed by atoms with Crippen LogP contribution in [0.1, 0.15) is 37.5 Å². The van der Waals surface area contributed by atoms with Crippen LogP contribution in [0.5, 0.6) is 0 Å². The molecule has 14 heavy (non-hydrogen) atoms. The van der Waals surface area contributed by atoms with Crippen molar-refractivity contribution in [2.45, 2.75) is 37.8 Å². The summed E-state index contributed by atoms with van der Waals surface area (Å²) in [5.41, 5.74) is 0. The quantitative estimate of drug-likeness (QED) is 0.773. The van der Waals surface area contributed by atoms with E-state index in [4.69, 9.17) is 4.42 Å². The van der Waals surface area contributed by atoms with Crippen LogP contribution in [0.3, 0.4) is 0 Å². The molecule has 2 rings (SSSR count). The van der Waals surface area contributed by atoms with Crippen molar-refractivity contribution in [3.05, 3.63) is 24.2 Å². The first-order chi connectivity index (χ1) is 6.86. The van der Waals surface area contributed by atoms with Gasteiger partial charge in [-0.05, 0) is 37.9 Å². The molecule has 2 atom stereocenters. The Labute approximate surface area is 84.1 Å². The molecule has 1 saturated heterocycles. The van der Waals surface area contributed by atoms with Crippen LogP contribution in [-0.2, 0) is 0 Å². The highest BCUT2D eigenvalue weighted by Gasteiger charge is 2.19. The summed E-state index contributed by atoms with van der Waals surface area (Å²) in [5.74, 6) is 0.678. The lowest BCUT2D eigenvalue weighted by molar-refractivity contribution is 0.121. The predicted molar refractivity (Wildman–Crippen MR) is 53.9 cm³/mol. The van der Waals surface area contributed by atoms with Crippen molar-refractivity contribution in [1.29, 1.82) is 0 Å². The lowest BCUT2D eigenvalue weighted by Gasteiger charge is -2.24. The third kappa shape index (κ3) is 2.36. The SMILES string of the molecule is OC(CC1CCCCN1)c1ccco1. The lowest BCUT2D eigenvalue weighted by Crippen LogP contribution is -2.35. The van der Waals surface area contributed by atoms with Gasteiger partial charge in [0.25, 0.3) is 0 Å². The number of piperidine rings is 1. The Morgan fingerprint density at radius 2 is 2.50 bits per heavy atom. The van der Waals surface area contributed by atoms with Gasteiger partial charge in [0.05, 0.1) is 6.26 Å². The van der Waals surface area contributed by atoms with E-state index in [0.717, 1.165) is 19.4 Å². The zero-order chi connectivity index (χ0) is 9.80. The number of rotatable bonds is 3. The third-order valence-electron chi connectivity index (χ3n) is 2.79. The average molecular weight is 195 g/mol. The smallest absolute Gasteiger partial charge is 0.132 e. The maximum absolute atomic E-state index is 9.83. The highest BCUT2D eigenvalue weighted by atomic mass is 16.4. The molecule has 2 N–H and O–H groups in total. The van der Waals surface area contributed by atoms with Crippen molar-refractivity contribution in [2.24, 2.45) is 0 Å². The van der Waals surface area contributed by atoms with Gasteiger partial charge >= 0.3 is 0 Å². The van der Waals surface area contributed by atoms with Crippen molar-refractivity contribution in [3.8, 4) is 0 Å². The average Bonchev–Trinajstić information content (AvgIpc) is 2.72. The largest absolute Gasteiger partial charge is 0.467 e. The van der Waals surface area contributed by atoms with E-state index < -0.39 is 6.10 Å². The molecule has 1 aromatic rings. The van der Waals surface area contributed by atoms with Crippen molar-refractivity contribution in [2.75, 3.05) is 6.54 Å². The molecule has 2 unspecified atom stereocenters. The third-order valence-corrected chi connectivity index (χ3v) is 2.79. The first-order valence-corrected chi connectivity index (χ1v) is 5.31. The Balaban J connectivity index is 1.84. The summed E-state index contributed by atoms with van der Waals surface area (Å²) in [7, 11) is 0. The van der Waals surface area contributed by atoms with Gasteiger partial charge in [0.15, 0.2) is 0 Å². The van der Waals surface area contributed by atoms with Gasteiger partial charge in [-0.2, -0.15) is 0 Å². The molecule has 1 aromatic heterocycles. The highest BCUT2D eigenvalue weighted by Crippen LogP contribution is 2.22. The first-order valence-electron chi connectivity index (χ1n) is 5.31. The summed E-state index contributed by atoms with van der Waals surface area (Å²) in [4.78, 5) is 0. The number of hydrogen-bond donors (Lipinski definition) is 2. The predicted octanol–water partition coefficient (Wildman–Crippen LogP) is 1.85. The van der Waals surface area contributed by atoms with E-state index in [1.807, 2.05) is 12.1 Å². The minimum atomic E-state index is -0.458. The van der Waals surface area contributed by atoms with Crippen LogP contribution in [0.4, 0.5) is 0 Å². The zero-order valence-corrected chi connectivity index (χ0v) is 8.28. The molecule has 1 fully saturated rings. The molecule has 3 nitrogen and oxygen atoms in total. The Kier molecular flexibility index (Phi) is 3.22. The van der Waals surface area contributed by atoms with Gasteiger partial charge < -0.3 is 14.8 Å². The van der Waals surface area contributed by atoms with Crippen LogP contribution in [0.2, 0.25) is 0 Å². The van der Waals surface area contributed by atoms with Crippen molar-refractivity contribution in [1.82, 2.24) is 5.32 Å². The molecule has 2 heterocycles. The standard InChI is InChI=1S/C11H17NO2/c13-10(11-5-3-7-14-11)8-9-4-1-2-6-12-9/h3,5,7,9-10,12-13H,1-2,4,6,8H2. The van der Waals surface area contributed by atoms with E-state index in [0.29, 0.717) is 11.8 Å². The van der Waals surface area contributed by atoms with Crippen LogP contribution in [0.15, 0.2) is 22.8 Å². The lowest BCUT2D eigenvalue weighted by atomic mass is 9.98. The molecule has 3 heteroatoms. The molecule has 1 aliphatic heterocycles. The second-order valence-electron chi connectivity index (χ2n) is 3.91. The molecule has 0 aliphatic carbocycles. The molecule has 0 spiro atoms. The highest BCUT2D eigenvalue weighted by molar-refractivity contribution is 5.02. The van der Waals surface area contributed by atoms with Crippen LogP contribution in [0.25, 0.3) is 0 Å². The van der Waals surface area contributed by atoms with E-state index in [9.17, 15) is 5.11 Å². The van der Waals surface area contributed by atoms with Crippen molar-refractivity contribution in [3.63, 3.8) is 0 Å². The van der Waals surface area contributed by atoms with Gasteiger partial charge in [0, 0.05) is 6.04 Å². The van der Waals surface area contributed by atoms with Gasteiger partial charge in [-0.25, -0.2) is 0 Å².